The first-order valence-corrected chi connectivity index (χ1v) is 9.66. The van der Waals surface area contributed by atoms with E-state index in [2.05, 4.69) is 25.6 Å². The van der Waals surface area contributed by atoms with Crippen molar-refractivity contribution in [3.8, 4) is 0 Å². The largest absolute Gasteiger partial charge is 0.337 e. The predicted octanol–water partition coefficient (Wildman–Crippen LogP) is 1.43. The number of hydrogen-bond acceptors (Lipinski definition) is 6. The Morgan fingerprint density at radius 2 is 1.96 bits per heavy atom. The summed E-state index contributed by atoms with van der Waals surface area (Å²) in [4.78, 5) is 11.9. The first-order chi connectivity index (χ1) is 11.8. The zero-order valence-corrected chi connectivity index (χ0v) is 15.7. The summed E-state index contributed by atoms with van der Waals surface area (Å²) in [6, 6.07) is 6.07. The maximum Gasteiger partial charge on any atom is 0.319 e. The number of nitrogens with one attached hydrogen (secondary N) is 3. The SMILES string of the molecule is Cc1nnc(CCNC(=O)Nc2cccc(NS(=O)(=O)N(C)C)c2)s1. The highest BCUT2D eigenvalue weighted by Gasteiger charge is 2.13. The Morgan fingerprint density at radius 1 is 1.24 bits per heavy atom. The van der Waals surface area contributed by atoms with Crippen LogP contribution in [0, 0.1) is 6.92 Å². The molecule has 0 aliphatic rings. The van der Waals surface area contributed by atoms with Gasteiger partial charge in [0, 0.05) is 32.7 Å². The number of aryl methyl sites for hydroxylation is 1. The molecule has 0 bridgehead atoms. The number of benzene rings is 1. The van der Waals surface area contributed by atoms with Crippen molar-refractivity contribution in [2.75, 3.05) is 30.7 Å². The van der Waals surface area contributed by atoms with Gasteiger partial charge in [-0.25, -0.2) is 4.79 Å². The minimum Gasteiger partial charge on any atom is -0.337 e. The molecule has 1 aromatic heterocycles. The number of carbonyl (C=O) groups excluding carboxylic acids is 1. The van der Waals surface area contributed by atoms with Crippen LogP contribution in [0.1, 0.15) is 10.0 Å². The molecule has 136 valence electrons. The molecule has 0 fully saturated rings. The molecule has 2 amide bonds. The number of nitrogens with zero attached hydrogens (tertiary/aromatic N) is 3. The van der Waals surface area contributed by atoms with E-state index in [1.165, 1.54) is 31.5 Å². The molecule has 2 rings (SSSR count). The van der Waals surface area contributed by atoms with Gasteiger partial charge < -0.3 is 10.6 Å². The standard InChI is InChI=1S/C14H20N6O3S2/c1-10-17-18-13(24-10)7-8-15-14(21)16-11-5-4-6-12(9-11)19-25(22,23)20(2)3/h4-6,9,19H,7-8H2,1-3H3,(H2,15,16,21). The third-order valence-electron chi connectivity index (χ3n) is 3.04. The summed E-state index contributed by atoms with van der Waals surface area (Å²) in [5.74, 6) is 0. The average molecular weight is 384 g/mol. The van der Waals surface area contributed by atoms with Crippen molar-refractivity contribution in [1.29, 1.82) is 0 Å². The molecule has 0 spiro atoms. The summed E-state index contributed by atoms with van der Waals surface area (Å²) in [6.45, 7) is 2.30. The lowest BCUT2D eigenvalue weighted by atomic mass is 10.3. The Kier molecular flexibility index (Phi) is 6.28. The van der Waals surface area contributed by atoms with Gasteiger partial charge in [-0.2, -0.15) is 12.7 Å². The third-order valence-corrected chi connectivity index (χ3v) is 5.39. The van der Waals surface area contributed by atoms with Crippen LogP contribution in [0.4, 0.5) is 16.2 Å². The molecule has 25 heavy (non-hydrogen) atoms. The van der Waals surface area contributed by atoms with Crippen molar-refractivity contribution in [3.63, 3.8) is 0 Å². The molecule has 11 heteroatoms. The molecule has 0 atom stereocenters. The highest BCUT2D eigenvalue weighted by atomic mass is 32.2. The molecule has 0 saturated carbocycles. The van der Waals surface area contributed by atoms with Crippen LogP contribution in [0.2, 0.25) is 0 Å². The third kappa shape index (κ3) is 5.96. The Morgan fingerprint density at radius 3 is 2.60 bits per heavy atom. The number of aromatic nitrogens is 2. The topological polar surface area (TPSA) is 116 Å². The highest BCUT2D eigenvalue weighted by Crippen LogP contribution is 2.16. The molecule has 0 aliphatic carbocycles. The lowest BCUT2D eigenvalue weighted by Gasteiger charge is -2.14. The van der Waals surface area contributed by atoms with Crippen LogP contribution in [0.3, 0.4) is 0 Å². The van der Waals surface area contributed by atoms with Crippen molar-refractivity contribution >= 4 is 39.0 Å². The summed E-state index contributed by atoms with van der Waals surface area (Å²) in [5.41, 5.74) is 0.832. The van der Waals surface area contributed by atoms with Crippen LogP contribution in [0.25, 0.3) is 0 Å². The molecule has 3 N–H and O–H groups in total. The fourth-order valence-electron chi connectivity index (χ4n) is 1.80. The molecule has 1 aromatic carbocycles. The quantitative estimate of drug-likeness (QED) is 0.668. The zero-order chi connectivity index (χ0) is 18.4. The number of anilines is 2. The molecule has 0 unspecified atom stereocenters. The van der Waals surface area contributed by atoms with E-state index in [4.69, 9.17) is 0 Å². The van der Waals surface area contributed by atoms with E-state index in [1.54, 1.807) is 18.2 Å². The Labute approximate surface area is 150 Å². The van der Waals surface area contributed by atoms with Gasteiger partial charge in [-0.3, -0.25) is 4.72 Å². The minimum atomic E-state index is -3.60. The Hall–Kier alpha value is -2.24. The lowest BCUT2D eigenvalue weighted by molar-refractivity contribution is 0.252. The van der Waals surface area contributed by atoms with Crippen molar-refractivity contribution in [2.24, 2.45) is 0 Å². The van der Waals surface area contributed by atoms with E-state index in [0.29, 0.717) is 24.3 Å². The molecule has 1 heterocycles. The second-order valence-corrected chi connectivity index (χ2v) is 8.47. The molecular formula is C14H20N6O3S2. The van der Waals surface area contributed by atoms with Gasteiger partial charge in [-0.05, 0) is 25.1 Å². The molecule has 9 nitrogen and oxygen atoms in total. The van der Waals surface area contributed by atoms with Gasteiger partial charge in [-0.1, -0.05) is 6.07 Å². The molecule has 0 aliphatic heterocycles. The van der Waals surface area contributed by atoms with Gasteiger partial charge in [0.2, 0.25) is 0 Å². The maximum absolute atomic E-state index is 11.9. The fourth-order valence-corrected chi connectivity index (χ4v) is 3.11. The summed E-state index contributed by atoms with van der Waals surface area (Å²) in [5, 5.41) is 15.0. The Balaban J connectivity index is 1.87. The highest BCUT2D eigenvalue weighted by molar-refractivity contribution is 7.90. The zero-order valence-electron chi connectivity index (χ0n) is 14.1. The molecule has 0 saturated heterocycles. The fraction of sp³-hybridized carbons (Fsp3) is 0.357. The predicted molar refractivity (Wildman–Crippen MR) is 98.0 cm³/mol. The van der Waals surface area contributed by atoms with E-state index < -0.39 is 10.2 Å². The van der Waals surface area contributed by atoms with E-state index in [1.807, 2.05) is 6.92 Å². The van der Waals surface area contributed by atoms with Gasteiger partial charge in [0.05, 0.1) is 5.69 Å². The van der Waals surface area contributed by atoms with Crippen LogP contribution in [0.5, 0.6) is 0 Å². The van der Waals surface area contributed by atoms with Crippen LogP contribution < -0.4 is 15.4 Å². The van der Waals surface area contributed by atoms with Crippen LogP contribution in [0.15, 0.2) is 24.3 Å². The van der Waals surface area contributed by atoms with Gasteiger partial charge in [0.15, 0.2) is 0 Å². The first kappa shape index (κ1) is 19.1. The van der Waals surface area contributed by atoms with Crippen LogP contribution in [-0.2, 0) is 16.6 Å². The molecular weight excluding hydrogens is 364 g/mol. The smallest absolute Gasteiger partial charge is 0.319 e. The lowest BCUT2D eigenvalue weighted by Crippen LogP contribution is -2.30. The van der Waals surface area contributed by atoms with Gasteiger partial charge in [0.1, 0.15) is 10.0 Å². The van der Waals surface area contributed by atoms with E-state index in [-0.39, 0.29) is 6.03 Å². The molecule has 0 radical (unpaired) electrons. The molecule has 2 aromatic rings. The minimum absolute atomic E-state index is 0.357. The van der Waals surface area contributed by atoms with E-state index in [9.17, 15) is 13.2 Å². The van der Waals surface area contributed by atoms with Gasteiger partial charge >= 0.3 is 16.2 Å². The number of rotatable bonds is 7. The number of carbonyl (C=O) groups is 1. The van der Waals surface area contributed by atoms with Crippen molar-refractivity contribution < 1.29 is 13.2 Å². The Bertz CT molecular complexity index is 835. The second kappa shape index (κ2) is 8.23. The summed E-state index contributed by atoms with van der Waals surface area (Å²) >= 11 is 1.49. The summed E-state index contributed by atoms with van der Waals surface area (Å²) in [7, 11) is -0.740. The van der Waals surface area contributed by atoms with Crippen LogP contribution in [-0.4, -0.2) is 49.6 Å². The van der Waals surface area contributed by atoms with Gasteiger partial charge in [0.25, 0.3) is 0 Å². The van der Waals surface area contributed by atoms with Crippen molar-refractivity contribution in [1.82, 2.24) is 19.8 Å². The average Bonchev–Trinajstić information content (AvgIpc) is 2.92. The van der Waals surface area contributed by atoms with E-state index >= 15 is 0 Å². The maximum atomic E-state index is 11.9. The van der Waals surface area contributed by atoms with Crippen molar-refractivity contribution in [3.05, 3.63) is 34.3 Å². The summed E-state index contributed by atoms with van der Waals surface area (Å²) in [6.07, 6.45) is 0.599. The second-order valence-electron chi connectivity index (χ2n) is 5.32. The number of urea groups is 1. The number of hydrogen-bond donors (Lipinski definition) is 3. The van der Waals surface area contributed by atoms with Gasteiger partial charge in [-0.15, -0.1) is 21.5 Å². The van der Waals surface area contributed by atoms with Crippen molar-refractivity contribution in [2.45, 2.75) is 13.3 Å². The van der Waals surface area contributed by atoms with Crippen LogP contribution >= 0.6 is 11.3 Å². The number of amides is 2. The monoisotopic (exact) mass is 384 g/mol. The summed E-state index contributed by atoms with van der Waals surface area (Å²) < 4.78 is 27.1. The van der Waals surface area contributed by atoms with E-state index in [0.717, 1.165) is 14.3 Å². The normalized spacial score (nSPS) is 11.4. The first-order valence-electron chi connectivity index (χ1n) is 7.40.